The Kier molecular flexibility index (Phi) is 8.27. The third-order valence-corrected chi connectivity index (χ3v) is 2.29. The number of nitrogens with two attached hydrogens (primary N) is 1. The van der Waals surface area contributed by atoms with Gasteiger partial charge in [0.1, 0.15) is 0 Å². The molecule has 0 bridgehead atoms. The molecule has 1 atom stereocenters. The molecule has 6 heteroatoms. The van der Waals surface area contributed by atoms with E-state index in [2.05, 4.69) is 5.32 Å². The Morgan fingerprint density at radius 2 is 1.95 bits per heavy atom. The van der Waals surface area contributed by atoms with E-state index in [9.17, 15) is 9.59 Å². The predicted molar refractivity (Wildman–Crippen MR) is 81.6 cm³/mol. The molecule has 5 nitrogen and oxygen atoms in total. The summed E-state index contributed by atoms with van der Waals surface area (Å²) < 4.78 is 4.77. The number of esters is 1. The zero-order valence-corrected chi connectivity index (χ0v) is 12.3. The lowest BCUT2D eigenvalue weighted by Crippen LogP contribution is -2.32. The molecule has 0 heterocycles. The summed E-state index contributed by atoms with van der Waals surface area (Å²) in [6.45, 7) is 3.72. The lowest BCUT2D eigenvalue weighted by Gasteiger charge is -2.07. The van der Waals surface area contributed by atoms with Gasteiger partial charge in [0, 0.05) is 11.8 Å². The molecule has 1 aromatic rings. The highest BCUT2D eigenvalue weighted by Gasteiger charge is 2.06. The molecule has 0 aliphatic heterocycles. The second-order valence-corrected chi connectivity index (χ2v) is 3.99. The molecule has 1 unspecified atom stereocenters. The van der Waals surface area contributed by atoms with Gasteiger partial charge in [-0.15, -0.1) is 12.4 Å². The minimum atomic E-state index is -0.552. The van der Waals surface area contributed by atoms with Crippen molar-refractivity contribution in [3.63, 3.8) is 0 Å². The largest absolute Gasteiger partial charge is 0.463 e. The van der Waals surface area contributed by atoms with E-state index in [0.29, 0.717) is 12.3 Å². The van der Waals surface area contributed by atoms with Crippen molar-refractivity contribution >= 4 is 36.0 Å². The predicted octanol–water partition coefficient (Wildman–Crippen LogP) is 1.97. The zero-order valence-electron chi connectivity index (χ0n) is 11.5. The summed E-state index contributed by atoms with van der Waals surface area (Å²) in [5.41, 5.74) is 6.95. The summed E-state index contributed by atoms with van der Waals surface area (Å²) >= 11 is 0. The fraction of sp³-hybridized carbons (Fsp3) is 0.286. The van der Waals surface area contributed by atoms with Crippen LogP contribution in [0.4, 0.5) is 5.69 Å². The number of anilines is 1. The third kappa shape index (κ3) is 6.36. The molecule has 1 rings (SSSR count). The second-order valence-electron chi connectivity index (χ2n) is 3.99. The van der Waals surface area contributed by atoms with Crippen molar-refractivity contribution in [1.29, 1.82) is 0 Å². The van der Waals surface area contributed by atoms with E-state index in [1.165, 1.54) is 6.08 Å². The lowest BCUT2D eigenvalue weighted by molar-refractivity contribution is -0.137. The van der Waals surface area contributed by atoms with Gasteiger partial charge in [0.15, 0.2) is 0 Å². The van der Waals surface area contributed by atoms with Gasteiger partial charge in [-0.25, -0.2) is 4.79 Å². The first kappa shape index (κ1) is 18.1. The van der Waals surface area contributed by atoms with Gasteiger partial charge in [0.2, 0.25) is 5.91 Å². The van der Waals surface area contributed by atoms with Gasteiger partial charge in [-0.3, -0.25) is 4.79 Å². The van der Waals surface area contributed by atoms with Crippen LogP contribution in [0.25, 0.3) is 6.08 Å². The van der Waals surface area contributed by atoms with Crippen molar-refractivity contribution in [2.75, 3.05) is 11.9 Å². The van der Waals surface area contributed by atoms with Crippen LogP contribution in [-0.2, 0) is 14.3 Å². The van der Waals surface area contributed by atoms with Crippen molar-refractivity contribution < 1.29 is 14.3 Å². The highest BCUT2D eigenvalue weighted by atomic mass is 35.5. The summed E-state index contributed by atoms with van der Waals surface area (Å²) in [6.07, 6.45) is 3.01. The SMILES string of the molecule is CCOC(=O)C=Cc1ccc(NC(=O)C(C)N)cc1.Cl. The van der Waals surface area contributed by atoms with Crippen LogP contribution in [-0.4, -0.2) is 24.5 Å². The van der Waals surface area contributed by atoms with Crippen LogP contribution in [0.5, 0.6) is 0 Å². The fourth-order valence-electron chi connectivity index (χ4n) is 1.29. The Balaban J connectivity index is 0.00000361. The minimum Gasteiger partial charge on any atom is -0.463 e. The molecule has 0 saturated heterocycles. The normalized spacial score (nSPS) is 11.6. The van der Waals surface area contributed by atoms with Gasteiger partial charge >= 0.3 is 5.97 Å². The number of hydrogen-bond acceptors (Lipinski definition) is 4. The molecule has 0 aliphatic carbocycles. The molecule has 0 radical (unpaired) electrons. The minimum absolute atomic E-state index is 0. The Bertz CT molecular complexity index is 470. The molecule has 1 aromatic carbocycles. The van der Waals surface area contributed by atoms with Crippen molar-refractivity contribution in [3.05, 3.63) is 35.9 Å². The summed E-state index contributed by atoms with van der Waals surface area (Å²) in [6, 6.07) is 6.50. The number of ether oxygens (including phenoxy) is 1. The molecule has 0 fully saturated rings. The van der Waals surface area contributed by atoms with Crippen LogP contribution in [0.1, 0.15) is 19.4 Å². The first-order chi connectivity index (χ1) is 9.02. The van der Waals surface area contributed by atoms with Crippen LogP contribution in [0.2, 0.25) is 0 Å². The van der Waals surface area contributed by atoms with E-state index < -0.39 is 6.04 Å². The molecule has 0 spiro atoms. The number of halogens is 1. The van der Waals surface area contributed by atoms with Crippen LogP contribution in [0.3, 0.4) is 0 Å². The Morgan fingerprint density at radius 1 is 1.35 bits per heavy atom. The van der Waals surface area contributed by atoms with Crippen molar-refractivity contribution in [2.45, 2.75) is 19.9 Å². The van der Waals surface area contributed by atoms with E-state index >= 15 is 0 Å². The number of carbonyl (C=O) groups excluding carboxylic acids is 2. The van der Waals surface area contributed by atoms with Gasteiger partial charge in [-0.1, -0.05) is 12.1 Å². The number of benzene rings is 1. The molecule has 0 aliphatic rings. The summed E-state index contributed by atoms with van der Waals surface area (Å²) in [4.78, 5) is 22.5. The zero-order chi connectivity index (χ0) is 14.3. The van der Waals surface area contributed by atoms with Crippen molar-refractivity contribution in [1.82, 2.24) is 0 Å². The van der Waals surface area contributed by atoms with Crippen molar-refractivity contribution in [2.24, 2.45) is 5.73 Å². The second kappa shape index (κ2) is 9.12. The molecule has 3 N–H and O–H groups in total. The van der Waals surface area contributed by atoms with E-state index in [1.807, 2.05) is 0 Å². The summed E-state index contributed by atoms with van der Waals surface area (Å²) in [5, 5.41) is 2.67. The van der Waals surface area contributed by atoms with E-state index in [1.54, 1.807) is 44.2 Å². The molecule has 20 heavy (non-hydrogen) atoms. The maximum absolute atomic E-state index is 11.4. The first-order valence-electron chi connectivity index (χ1n) is 6.04. The number of rotatable bonds is 5. The average molecular weight is 299 g/mol. The molecule has 1 amide bonds. The maximum Gasteiger partial charge on any atom is 0.330 e. The number of hydrogen-bond donors (Lipinski definition) is 2. The molecular formula is C14H19ClN2O3. The highest BCUT2D eigenvalue weighted by molar-refractivity contribution is 5.94. The van der Waals surface area contributed by atoms with Crippen LogP contribution >= 0.6 is 12.4 Å². The van der Waals surface area contributed by atoms with Gasteiger partial charge in [0.25, 0.3) is 0 Å². The average Bonchev–Trinajstić information content (AvgIpc) is 2.38. The Hall–Kier alpha value is -1.85. The number of amides is 1. The first-order valence-corrected chi connectivity index (χ1v) is 6.04. The van der Waals surface area contributed by atoms with Gasteiger partial charge in [-0.2, -0.15) is 0 Å². The van der Waals surface area contributed by atoms with Crippen LogP contribution < -0.4 is 11.1 Å². The summed E-state index contributed by atoms with van der Waals surface area (Å²) in [7, 11) is 0. The third-order valence-electron chi connectivity index (χ3n) is 2.29. The monoisotopic (exact) mass is 298 g/mol. The van der Waals surface area contributed by atoms with Crippen LogP contribution in [0, 0.1) is 0 Å². The lowest BCUT2D eigenvalue weighted by atomic mass is 10.2. The quantitative estimate of drug-likeness (QED) is 0.643. The fourth-order valence-corrected chi connectivity index (χ4v) is 1.29. The van der Waals surface area contributed by atoms with Gasteiger partial charge < -0.3 is 15.8 Å². The summed E-state index contributed by atoms with van der Waals surface area (Å²) in [5.74, 6) is -0.619. The molecule has 0 aromatic heterocycles. The molecule has 0 saturated carbocycles. The standard InChI is InChI=1S/C14H18N2O3.ClH/c1-3-19-13(17)9-6-11-4-7-12(8-5-11)16-14(18)10(2)15;/h4-10H,3,15H2,1-2H3,(H,16,18);1H. The van der Waals surface area contributed by atoms with E-state index in [4.69, 9.17) is 10.5 Å². The topological polar surface area (TPSA) is 81.4 Å². The number of nitrogens with one attached hydrogen (secondary N) is 1. The van der Waals surface area contributed by atoms with Gasteiger partial charge in [-0.05, 0) is 37.6 Å². The van der Waals surface area contributed by atoms with E-state index in [-0.39, 0.29) is 24.3 Å². The van der Waals surface area contributed by atoms with Crippen molar-refractivity contribution in [3.8, 4) is 0 Å². The molecule has 110 valence electrons. The number of carbonyl (C=O) groups is 2. The molecular weight excluding hydrogens is 280 g/mol. The Labute approximate surface area is 124 Å². The maximum atomic E-state index is 11.4. The Morgan fingerprint density at radius 3 is 2.45 bits per heavy atom. The smallest absolute Gasteiger partial charge is 0.330 e. The van der Waals surface area contributed by atoms with Crippen LogP contribution in [0.15, 0.2) is 30.3 Å². The van der Waals surface area contributed by atoms with E-state index in [0.717, 1.165) is 5.56 Å². The highest BCUT2D eigenvalue weighted by Crippen LogP contribution is 2.11. The van der Waals surface area contributed by atoms with Gasteiger partial charge in [0.05, 0.1) is 12.6 Å².